The van der Waals surface area contributed by atoms with Crippen LogP contribution in [0, 0.1) is 0 Å². The maximum atomic E-state index is 12.5. The van der Waals surface area contributed by atoms with Gasteiger partial charge in [-0.2, -0.15) is 0 Å². The zero-order valence-electron chi connectivity index (χ0n) is 13.2. The van der Waals surface area contributed by atoms with Crippen LogP contribution in [0.25, 0.3) is 17.0 Å². The summed E-state index contributed by atoms with van der Waals surface area (Å²) in [6.07, 6.45) is 2.54. The molecule has 3 rings (SSSR count). The molecule has 1 aliphatic heterocycles. The van der Waals surface area contributed by atoms with Gasteiger partial charge >= 0.3 is 5.97 Å². The van der Waals surface area contributed by atoms with Crippen molar-refractivity contribution < 1.29 is 23.5 Å². The van der Waals surface area contributed by atoms with Crippen LogP contribution >= 0.6 is 11.8 Å². The summed E-state index contributed by atoms with van der Waals surface area (Å²) in [5, 5.41) is -0.212. The number of para-hydroxylation sites is 1. The molecule has 1 saturated heterocycles. The van der Waals surface area contributed by atoms with E-state index in [0.29, 0.717) is 22.7 Å². The molecular weight excluding hydrogens is 346 g/mol. The minimum Gasteiger partial charge on any atom is -0.465 e. The summed E-state index contributed by atoms with van der Waals surface area (Å²) in [6.45, 7) is 1.33. The Balaban J connectivity index is 1.91. The van der Waals surface area contributed by atoms with Gasteiger partial charge in [-0.05, 0) is 36.9 Å². The Morgan fingerprint density at radius 3 is 2.80 bits per heavy atom. The predicted octanol–water partition coefficient (Wildman–Crippen LogP) is 2.39. The largest absolute Gasteiger partial charge is 0.465 e. The average Bonchev–Trinajstić information content (AvgIpc) is 2.85. The number of imide groups is 1. The number of carbonyl (C=O) groups excluding carboxylic acids is 3. The van der Waals surface area contributed by atoms with Gasteiger partial charge in [-0.25, -0.2) is 0 Å². The quantitative estimate of drug-likeness (QED) is 0.611. The van der Waals surface area contributed by atoms with Crippen molar-refractivity contribution in [3.63, 3.8) is 0 Å². The summed E-state index contributed by atoms with van der Waals surface area (Å²) in [5.74, 6) is -1.31. The molecule has 0 atom stereocenters. The van der Waals surface area contributed by atoms with Crippen LogP contribution in [0.2, 0.25) is 0 Å². The molecule has 25 heavy (non-hydrogen) atoms. The molecule has 128 valence electrons. The van der Waals surface area contributed by atoms with Crippen LogP contribution in [0.15, 0.2) is 44.6 Å². The maximum Gasteiger partial charge on any atom is 0.326 e. The Hall–Kier alpha value is -2.87. The van der Waals surface area contributed by atoms with Crippen LogP contribution in [0.1, 0.15) is 12.5 Å². The fourth-order valence-electron chi connectivity index (χ4n) is 2.31. The molecule has 0 unspecified atom stereocenters. The highest BCUT2D eigenvalue weighted by molar-refractivity contribution is 8.18. The summed E-state index contributed by atoms with van der Waals surface area (Å²) in [4.78, 5) is 49.0. The lowest BCUT2D eigenvalue weighted by atomic mass is 10.1. The number of nitrogens with zero attached hydrogens (tertiary/aromatic N) is 1. The first kappa shape index (κ1) is 17.0. The number of carbonyl (C=O) groups is 3. The standard InChI is InChI=1S/C17H13NO6S/c1-2-23-14(19)8-18-16(21)13(25-17(18)22)7-10-9-24-12-6-4-3-5-11(12)15(10)20/h3-7,9H,2,8H2,1H3/b13-7-. The monoisotopic (exact) mass is 359 g/mol. The van der Waals surface area contributed by atoms with Crippen molar-refractivity contribution in [2.45, 2.75) is 6.92 Å². The molecule has 0 spiro atoms. The second-order valence-corrected chi connectivity index (χ2v) is 6.08. The van der Waals surface area contributed by atoms with Crippen molar-refractivity contribution in [3.05, 3.63) is 51.2 Å². The van der Waals surface area contributed by atoms with Crippen molar-refractivity contribution in [3.8, 4) is 0 Å². The Morgan fingerprint density at radius 1 is 1.28 bits per heavy atom. The van der Waals surface area contributed by atoms with Gasteiger partial charge in [0, 0.05) is 0 Å². The fraction of sp³-hybridized carbons (Fsp3) is 0.176. The van der Waals surface area contributed by atoms with E-state index >= 15 is 0 Å². The van der Waals surface area contributed by atoms with Crippen LogP contribution in [-0.4, -0.2) is 35.2 Å². The number of ether oxygens (including phenoxy) is 1. The highest BCUT2D eigenvalue weighted by Crippen LogP contribution is 2.31. The summed E-state index contributed by atoms with van der Waals surface area (Å²) < 4.78 is 10.1. The molecular formula is C17H13NO6S. The van der Waals surface area contributed by atoms with E-state index in [1.807, 2.05) is 0 Å². The molecule has 2 amide bonds. The first-order valence-electron chi connectivity index (χ1n) is 7.42. The molecule has 1 aromatic carbocycles. The fourth-order valence-corrected chi connectivity index (χ4v) is 3.13. The number of amides is 2. The van der Waals surface area contributed by atoms with Crippen molar-refractivity contribution >= 4 is 45.9 Å². The van der Waals surface area contributed by atoms with E-state index in [1.54, 1.807) is 31.2 Å². The number of hydrogen-bond acceptors (Lipinski definition) is 7. The normalized spacial score (nSPS) is 16.0. The number of fused-ring (bicyclic) bond motifs is 1. The van der Waals surface area contributed by atoms with Crippen molar-refractivity contribution in [1.29, 1.82) is 0 Å². The first-order valence-corrected chi connectivity index (χ1v) is 8.24. The van der Waals surface area contributed by atoms with Crippen LogP contribution < -0.4 is 5.43 Å². The number of benzene rings is 1. The molecule has 2 heterocycles. The van der Waals surface area contributed by atoms with Gasteiger partial charge in [-0.15, -0.1) is 0 Å². The van der Waals surface area contributed by atoms with Crippen LogP contribution in [0.4, 0.5) is 4.79 Å². The lowest BCUT2D eigenvalue weighted by Crippen LogP contribution is -2.34. The molecule has 0 radical (unpaired) electrons. The van der Waals surface area contributed by atoms with Gasteiger partial charge in [0.2, 0.25) is 0 Å². The second-order valence-electron chi connectivity index (χ2n) is 5.09. The minimum absolute atomic E-state index is 0.0527. The molecule has 0 aliphatic carbocycles. The van der Waals surface area contributed by atoms with E-state index in [9.17, 15) is 19.2 Å². The van der Waals surface area contributed by atoms with E-state index < -0.39 is 23.7 Å². The van der Waals surface area contributed by atoms with Gasteiger partial charge in [-0.1, -0.05) is 12.1 Å². The van der Waals surface area contributed by atoms with Gasteiger partial charge in [0.15, 0.2) is 5.43 Å². The van der Waals surface area contributed by atoms with E-state index in [4.69, 9.17) is 9.15 Å². The van der Waals surface area contributed by atoms with Gasteiger partial charge in [0.1, 0.15) is 18.4 Å². The van der Waals surface area contributed by atoms with Gasteiger partial charge in [0.25, 0.3) is 11.1 Å². The Morgan fingerprint density at radius 2 is 2.04 bits per heavy atom. The molecule has 0 saturated carbocycles. The zero-order valence-corrected chi connectivity index (χ0v) is 14.0. The third-order valence-electron chi connectivity index (χ3n) is 3.46. The van der Waals surface area contributed by atoms with Gasteiger partial charge in [-0.3, -0.25) is 24.1 Å². The molecule has 1 aromatic heterocycles. The van der Waals surface area contributed by atoms with Gasteiger partial charge in [0.05, 0.1) is 22.5 Å². The first-order chi connectivity index (χ1) is 12.0. The predicted molar refractivity (Wildman–Crippen MR) is 91.8 cm³/mol. The third-order valence-corrected chi connectivity index (χ3v) is 4.37. The molecule has 1 aliphatic rings. The Bertz CT molecular complexity index is 961. The molecule has 7 nitrogen and oxygen atoms in total. The van der Waals surface area contributed by atoms with E-state index in [0.717, 1.165) is 4.90 Å². The average molecular weight is 359 g/mol. The van der Waals surface area contributed by atoms with Crippen molar-refractivity contribution in [2.75, 3.05) is 13.2 Å². The summed E-state index contributed by atoms with van der Waals surface area (Å²) in [5.41, 5.74) is 0.277. The lowest BCUT2D eigenvalue weighted by molar-refractivity contribution is -0.145. The summed E-state index contributed by atoms with van der Waals surface area (Å²) >= 11 is 0.661. The topological polar surface area (TPSA) is 93.9 Å². The van der Waals surface area contributed by atoms with Crippen LogP contribution in [0.5, 0.6) is 0 Å². The Labute approximate surface area is 146 Å². The number of rotatable bonds is 4. The number of hydrogen-bond donors (Lipinski definition) is 0. The van der Waals surface area contributed by atoms with E-state index in [2.05, 4.69) is 0 Å². The van der Waals surface area contributed by atoms with E-state index in [-0.39, 0.29) is 22.5 Å². The highest BCUT2D eigenvalue weighted by atomic mass is 32.2. The van der Waals surface area contributed by atoms with Gasteiger partial charge < -0.3 is 9.15 Å². The van der Waals surface area contributed by atoms with Crippen molar-refractivity contribution in [2.24, 2.45) is 0 Å². The Kier molecular flexibility index (Phi) is 4.71. The van der Waals surface area contributed by atoms with Crippen LogP contribution in [-0.2, 0) is 14.3 Å². The summed E-state index contributed by atoms with van der Waals surface area (Å²) in [7, 11) is 0. The molecule has 2 aromatic rings. The SMILES string of the molecule is CCOC(=O)CN1C(=O)S/C(=C\c2coc3ccccc3c2=O)C1=O. The zero-order chi connectivity index (χ0) is 18.0. The van der Waals surface area contributed by atoms with E-state index in [1.165, 1.54) is 12.3 Å². The molecule has 0 bridgehead atoms. The molecule has 1 fully saturated rings. The number of thioether (sulfide) groups is 1. The highest BCUT2D eigenvalue weighted by Gasteiger charge is 2.36. The van der Waals surface area contributed by atoms with Crippen LogP contribution in [0.3, 0.4) is 0 Å². The maximum absolute atomic E-state index is 12.5. The lowest BCUT2D eigenvalue weighted by Gasteiger charge is -2.10. The summed E-state index contributed by atoms with van der Waals surface area (Å²) in [6, 6.07) is 6.72. The molecule has 8 heteroatoms. The number of esters is 1. The third kappa shape index (κ3) is 3.34. The smallest absolute Gasteiger partial charge is 0.326 e. The second kappa shape index (κ2) is 6.94. The van der Waals surface area contributed by atoms with Crippen molar-refractivity contribution in [1.82, 2.24) is 4.90 Å². The minimum atomic E-state index is -0.670. The molecule has 0 N–H and O–H groups in total.